The fourth-order valence-corrected chi connectivity index (χ4v) is 3.89. The molecule has 2 aromatic carbocycles. The van der Waals surface area contributed by atoms with Gasteiger partial charge in [0, 0.05) is 25.0 Å². The van der Waals surface area contributed by atoms with Crippen molar-refractivity contribution in [2.45, 2.75) is 20.0 Å². The van der Waals surface area contributed by atoms with E-state index in [1.165, 1.54) is 0 Å². The molecular weight excluding hydrogens is 543 g/mol. The number of carbonyl (C=O) groups excluding carboxylic acids is 1. The summed E-state index contributed by atoms with van der Waals surface area (Å²) >= 11 is 0. The van der Waals surface area contributed by atoms with Crippen molar-refractivity contribution in [2.24, 2.45) is 0 Å². The average molecular weight is 581 g/mol. The van der Waals surface area contributed by atoms with E-state index in [1.54, 1.807) is 42.6 Å². The van der Waals surface area contributed by atoms with Crippen LogP contribution in [-0.2, 0) is 36.8 Å². The summed E-state index contributed by atoms with van der Waals surface area (Å²) < 4.78 is 29.1. The number of aromatic carboxylic acids is 1. The second-order valence-electron chi connectivity index (χ2n) is 8.41. The van der Waals surface area contributed by atoms with Gasteiger partial charge in [-0.3, -0.25) is 9.36 Å². The molecule has 0 unspecified atom stereocenters. The number of fused-ring (bicyclic) bond motifs is 2. The number of carboxylic acid groups (broad SMARTS) is 1. The van der Waals surface area contributed by atoms with Crippen LogP contribution in [0.4, 0.5) is 0 Å². The van der Waals surface area contributed by atoms with Gasteiger partial charge in [-0.05, 0) is 19.1 Å². The molecule has 0 aliphatic carbocycles. The molecule has 0 aliphatic heterocycles. The maximum absolute atomic E-state index is 11.9. The quantitative estimate of drug-likeness (QED) is 0.115. The Morgan fingerprint density at radius 2 is 1.19 bits per heavy atom. The predicted octanol–water partition coefficient (Wildman–Crippen LogP) is 0.101. The van der Waals surface area contributed by atoms with Crippen molar-refractivity contribution >= 4 is 33.7 Å². The summed E-state index contributed by atoms with van der Waals surface area (Å²) in [5, 5.41) is 19.0. The van der Waals surface area contributed by atoms with Crippen molar-refractivity contribution in [3.05, 3.63) is 59.9 Å². The molecule has 4 rings (SSSR count). The first kappa shape index (κ1) is 36.7. The Kier molecular flexibility index (Phi) is 17.3. The van der Waals surface area contributed by atoms with E-state index in [1.807, 2.05) is 36.4 Å². The van der Waals surface area contributed by atoms with Crippen molar-refractivity contribution in [2.75, 3.05) is 60.5 Å². The van der Waals surface area contributed by atoms with Gasteiger partial charge in [-0.15, -0.1) is 0 Å². The first-order chi connectivity index (χ1) is 19.5. The first-order valence-electron chi connectivity index (χ1n) is 13.0. The molecule has 0 saturated heterocycles. The average Bonchev–Trinajstić information content (AvgIpc) is 3.52. The third kappa shape index (κ3) is 10.2. The number of para-hydroxylation sites is 2. The Morgan fingerprint density at radius 1 is 0.738 bits per heavy atom. The molecule has 2 aromatic heterocycles. The number of benzene rings is 2. The third-order valence-electron chi connectivity index (χ3n) is 5.75. The molecule has 2 N–H and O–H groups in total. The standard InChI is InChI=1S/C15H20N2O4.C13H16N2O4.Li.H2O/c1-3-21-15(18)14-12-6-4-5-7-13(12)17(16-14)8-9-20-11-10-19-2;1-18-8-9-19-7-6-15-11-5-3-2-4-10(11)12(14-15)13(16)17;;/h4-7H,3,8-11H2,1-2H3;2-5H,6-9H2,1H3,(H,16,17);;1H2/q;;+1;/p-1. The zero-order valence-electron chi connectivity index (χ0n) is 24.5. The predicted molar refractivity (Wildman–Crippen MR) is 150 cm³/mol. The minimum Gasteiger partial charge on any atom is -0.870 e. The number of carboxylic acids is 1. The molecular formula is C28H37LiN4O9. The summed E-state index contributed by atoms with van der Waals surface area (Å²) in [4.78, 5) is 23.1. The molecule has 14 heteroatoms. The van der Waals surface area contributed by atoms with Crippen LogP contribution in [0.25, 0.3) is 21.8 Å². The molecule has 2 heterocycles. The van der Waals surface area contributed by atoms with Gasteiger partial charge >= 0.3 is 30.8 Å². The molecule has 0 atom stereocenters. The van der Waals surface area contributed by atoms with Crippen molar-refractivity contribution in [1.82, 2.24) is 19.6 Å². The van der Waals surface area contributed by atoms with E-state index >= 15 is 0 Å². The topological polar surface area (TPSA) is 166 Å². The van der Waals surface area contributed by atoms with Crippen LogP contribution in [0.5, 0.6) is 0 Å². The number of nitrogens with zero attached hydrogens (tertiary/aromatic N) is 4. The molecule has 4 aromatic rings. The number of ether oxygens (including phenoxy) is 5. The van der Waals surface area contributed by atoms with Gasteiger partial charge in [0.15, 0.2) is 11.4 Å². The van der Waals surface area contributed by atoms with Crippen LogP contribution in [-0.4, -0.2) is 103 Å². The molecule has 13 nitrogen and oxygen atoms in total. The van der Waals surface area contributed by atoms with Crippen molar-refractivity contribution in [3.8, 4) is 0 Å². The molecule has 224 valence electrons. The fraction of sp³-hybridized carbons (Fsp3) is 0.429. The normalized spacial score (nSPS) is 10.5. The largest absolute Gasteiger partial charge is 1.00 e. The summed E-state index contributed by atoms with van der Waals surface area (Å²) in [6, 6.07) is 14.9. The van der Waals surface area contributed by atoms with Crippen LogP contribution in [0.15, 0.2) is 48.5 Å². The second kappa shape index (κ2) is 19.8. The van der Waals surface area contributed by atoms with Gasteiger partial charge < -0.3 is 34.3 Å². The number of hydrogen-bond acceptors (Lipinski definition) is 10. The van der Waals surface area contributed by atoms with E-state index in [4.69, 9.17) is 28.8 Å². The summed E-state index contributed by atoms with van der Waals surface area (Å²) in [6.07, 6.45) is 0. The van der Waals surface area contributed by atoms with Crippen LogP contribution in [0, 0.1) is 0 Å². The number of rotatable bonds is 15. The molecule has 0 saturated carbocycles. The number of carbonyl (C=O) groups is 2. The van der Waals surface area contributed by atoms with Gasteiger partial charge in [-0.2, -0.15) is 10.2 Å². The fourth-order valence-electron chi connectivity index (χ4n) is 3.89. The van der Waals surface area contributed by atoms with E-state index in [0.717, 1.165) is 16.4 Å². The molecule has 0 radical (unpaired) electrons. The minimum atomic E-state index is -1.02. The van der Waals surface area contributed by atoms with Gasteiger partial charge in [0.05, 0.1) is 70.4 Å². The van der Waals surface area contributed by atoms with Crippen LogP contribution < -0.4 is 18.9 Å². The molecule has 0 fully saturated rings. The molecule has 42 heavy (non-hydrogen) atoms. The summed E-state index contributed by atoms with van der Waals surface area (Å²) in [7, 11) is 3.25. The van der Waals surface area contributed by atoms with Crippen molar-refractivity contribution in [3.63, 3.8) is 0 Å². The van der Waals surface area contributed by atoms with Gasteiger partial charge in [0.1, 0.15) is 0 Å². The van der Waals surface area contributed by atoms with Gasteiger partial charge in [-0.25, -0.2) is 9.59 Å². The van der Waals surface area contributed by atoms with Gasteiger partial charge in [0.2, 0.25) is 0 Å². The van der Waals surface area contributed by atoms with Crippen molar-refractivity contribution < 1.29 is 62.7 Å². The Morgan fingerprint density at radius 3 is 1.64 bits per heavy atom. The Bertz CT molecular complexity index is 1380. The van der Waals surface area contributed by atoms with Crippen molar-refractivity contribution in [1.29, 1.82) is 0 Å². The maximum Gasteiger partial charge on any atom is 1.00 e. The van der Waals surface area contributed by atoms with E-state index in [-0.39, 0.29) is 30.0 Å². The SMILES string of the molecule is CCOC(=O)c1nn(CCOCCOC)c2ccccc12.COCCOCCn1nc(C(=O)O)c2ccccc21.[Li+].[OH-]. The minimum absolute atomic E-state index is 0. The molecule has 0 aliphatic rings. The zero-order valence-corrected chi connectivity index (χ0v) is 24.5. The van der Waals surface area contributed by atoms with Gasteiger partial charge in [-0.1, -0.05) is 36.4 Å². The zero-order chi connectivity index (χ0) is 28.7. The van der Waals surface area contributed by atoms with Gasteiger partial charge in [0.25, 0.3) is 0 Å². The second-order valence-corrected chi connectivity index (χ2v) is 8.41. The van der Waals surface area contributed by atoms with E-state index in [9.17, 15) is 9.59 Å². The van der Waals surface area contributed by atoms with E-state index in [0.29, 0.717) is 70.4 Å². The van der Waals surface area contributed by atoms with Crippen LogP contribution in [0.3, 0.4) is 0 Å². The monoisotopic (exact) mass is 580 g/mol. The summed E-state index contributed by atoms with van der Waals surface area (Å²) in [5.41, 5.74) is 2.13. The number of aromatic nitrogens is 4. The molecule has 0 spiro atoms. The molecule has 0 bridgehead atoms. The Balaban J connectivity index is 0.000000403. The van der Waals surface area contributed by atoms with Crippen LogP contribution in [0.1, 0.15) is 27.9 Å². The number of methoxy groups -OCH3 is 2. The third-order valence-corrected chi connectivity index (χ3v) is 5.75. The molecule has 0 amide bonds. The smallest absolute Gasteiger partial charge is 0.870 e. The Hall–Kier alpha value is -3.28. The van der Waals surface area contributed by atoms with E-state index < -0.39 is 11.9 Å². The van der Waals surface area contributed by atoms with Crippen LogP contribution in [0.2, 0.25) is 0 Å². The maximum atomic E-state index is 11.9. The number of esters is 1. The number of hydrogen-bond donors (Lipinski definition) is 1. The first-order valence-corrected chi connectivity index (χ1v) is 13.0. The Labute approximate surface area is 256 Å². The van der Waals surface area contributed by atoms with Crippen LogP contribution >= 0.6 is 0 Å². The summed E-state index contributed by atoms with van der Waals surface area (Å²) in [6.45, 7) is 6.34. The summed E-state index contributed by atoms with van der Waals surface area (Å²) in [5.74, 6) is -1.41. The van der Waals surface area contributed by atoms with E-state index in [2.05, 4.69) is 10.2 Å².